The first-order chi connectivity index (χ1) is 15.6. The van der Waals surface area contributed by atoms with E-state index >= 15 is 0 Å². The lowest BCUT2D eigenvalue weighted by Gasteiger charge is -2.11. The van der Waals surface area contributed by atoms with Crippen LogP contribution in [0.2, 0.25) is 0 Å². The number of carbonyl (C=O) groups excluding carboxylic acids is 1. The van der Waals surface area contributed by atoms with Gasteiger partial charge in [0.1, 0.15) is 28.9 Å². The predicted octanol–water partition coefficient (Wildman–Crippen LogP) is 5.57. The summed E-state index contributed by atoms with van der Waals surface area (Å²) in [5.41, 5.74) is 2.43. The molecule has 0 radical (unpaired) electrons. The molecule has 0 saturated carbocycles. The summed E-state index contributed by atoms with van der Waals surface area (Å²) in [5.74, 6) is 0.672. The van der Waals surface area contributed by atoms with E-state index in [1.54, 1.807) is 48.5 Å². The van der Waals surface area contributed by atoms with Crippen LogP contribution in [0.4, 0.5) is 0 Å². The Kier molecular flexibility index (Phi) is 5.82. The highest BCUT2D eigenvalue weighted by atomic mass is 16.5. The van der Waals surface area contributed by atoms with E-state index in [0.717, 1.165) is 0 Å². The van der Waals surface area contributed by atoms with Crippen LogP contribution in [0.1, 0.15) is 15.9 Å². The summed E-state index contributed by atoms with van der Waals surface area (Å²) >= 11 is 0. The van der Waals surface area contributed by atoms with Gasteiger partial charge in [0.2, 0.25) is 0 Å². The van der Waals surface area contributed by atoms with Gasteiger partial charge in [-0.15, -0.1) is 0 Å². The standard InChI is InChI=1S/C26H18N2O4/c1-31-26(30)19-7-5-6-18(14-19)23-15-24(29)22(16-27)25(28-23)17-10-12-21(13-11-17)32-20-8-3-2-4-9-20/h2-15H,1H3,(H,28,29). The number of pyridine rings is 1. The minimum atomic E-state index is -0.473. The molecule has 4 aromatic rings. The molecule has 0 aliphatic rings. The van der Waals surface area contributed by atoms with Crippen molar-refractivity contribution in [3.8, 4) is 45.8 Å². The predicted molar refractivity (Wildman–Crippen MR) is 119 cm³/mol. The summed E-state index contributed by atoms with van der Waals surface area (Å²) < 4.78 is 10.6. The fourth-order valence-electron chi connectivity index (χ4n) is 3.23. The zero-order chi connectivity index (χ0) is 22.5. The average Bonchev–Trinajstić information content (AvgIpc) is 2.84. The molecule has 0 aliphatic heterocycles. The molecule has 1 aromatic heterocycles. The molecule has 0 amide bonds. The molecule has 6 heteroatoms. The van der Waals surface area contributed by atoms with Crippen molar-refractivity contribution in [2.24, 2.45) is 0 Å². The number of carbonyl (C=O) groups is 1. The van der Waals surface area contributed by atoms with E-state index in [1.165, 1.54) is 13.2 Å². The third kappa shape index (κ3) is 4.27. The van der Waals surface area contributed by atoms with Gasteiger partial charge in [0.05, 0.1) is 24.1 Å². The lowest BCUT2D eigenvalue weighted by molar-refractivity contribution is 0.0601. The number of benzene rings is 3. The third-order valence-corrected chi connectivity index (χ3v) is 4.80. The molecule has 0 aliphatic carbocycles. The van der Waals surface area contributed by atoms with Crippen LogP contribution in [0.15, 0.2) is 84.9 Å². The number of rotatable bonds is 5. The van der Waals surface area contributed by atoms with Crippen molar-refractivity contribution < 1.29 is 19.4 Å². The molecule has 32 heavy (non-hydrogen) atoms. The number of ether oxygens (including phenoxy) is 2. The van der Waals surface area contributed by atoms with Crippen molar-refractivity contribution in [2.75, 3.05) is 7.11 Å². The van der Waals surface area contributed by atoms with Crippen LogP contribution < -0.4 is 4.74 Å². The van der Waals surface area contributed by atoms with Gasteiger partial charge in [-0.25, -0.2) is 9.78 Å². The van der Waals surface area contributed by atoms with Crippen molar-refractivity contribution in [3.05, 3.63) is 96.1 Å². The van der Waals surface area contributed by atoms with Gasteiger partial charge in [0, 0.05) is 17.2 Å². The molecule has 0 bridgehead atoms. The van der Waals surface area contributed by atoms with Crippen LogP contribution >= 0.6 is 0 Å². The van der Waals surface area contributed by atoms with Crippen LogP contribution in [0, 0.1) is 11.3 Å². The zero-order valence-corrected chi connectivity index (χ0v) is 17.1. The van der Waals surface area contributed by atoms with E-state index < -0.39 is 5.97 Å². The number of aromatic nitrogens is 1. The van der Waals surface area contributed by atoms with Gasteiger partial charge in [0.15, 0.2) is 0 Å². The molecule has 0 fully saturated rings. The first-order valence-corrected chi connectivity index (χ1v) is 9.75. The molecule has 4 rings (SSSR count). The number of nitrogens with zero attached hydrogens (tertiary/aromatic N) is 2. The third-order valence-electron chi connectivity index (χ3n) is 4.80. The topological polar surface area (TPSA) is 92.4 Å². The molecular weight excluding hydrogens is 404 g/mol. The maximum atomic E-state index is 11.9. The molecule has 3 aromatic carbocycles. The molecule has 0 unspecified atom stereocenters. The van der Waals surface area contributed by atoms with Crippen molar-refractivity contribution in [1.82, 2.24) is 4.98 Å². The molecule has 1 N–H and O–H groups in total. The summed E-state index contributed by atoms with van der Waals surface area (Å²) in [6, 6.07) is 26.6. The Morgan fingerprint density at radius 2 is 1.62 bits per heavy atom. The lowest BCUT2D eigenvalue weighted by Crippen LogP contribution is -2.01. The van der Waals surface area contributed by atoms with Crippen molar-refractivity contribution in [2.45, 2.75) is 0 Å². The van der Waals surface area contributed by atoms with E-state index in [0.29, 0.717) is 39.6 Å². The molecule has 0 saturated heterocycles. The van der Waals surface area contributed by atoms with Gasteiger partial charge in [0.25, 0.3) is 0 Å². The summed E-state index contributed by atoms with van der Waals surface area (Å²) in [6.07, 6.45) is 0. The van der Waals surface area contributed by atoms with Gasteiger partial charge < -0.3 is 14.6 Å². The molecule has 0 atom stereocenters. The number of methoxy groups -OCH3 is 1. The summed E-state index contributed by atoms with van der Waals surface area (Å²) in [7, 11) is 1.31. The number of hydrogen-bond donors (Lipinski definition) is 1. The van der Waals surface area contributed by atoms with Gasteiger partial charge >= 0.3 is 5.97 Å². The molecule has 1 heterocycles. The summed E-state index contributed by atoms with van der Waals surface area (Å²) in [4.78, 5) is 16.5. The zero-order valence-electron chi connectivity index (χ0n) is 17.1. The first kappa shape index (κ1) is 20.6. The molecule has 0 spiro atoms. The second-order valence-corrected chi connectivity index (χ2v) is 6.87. The first-order valence-electron chi connectivity index (χ1n) is 9.75. The van der Waals surface area contributed by atoms with Gasteiger partial charge in [-0.2, -0.15) is 5.26 Å². The van der Waals surface area contributed by atoms with E-state index in [2.05, 4.69) is 4.98 Å². The minimum Gasteiger partial charge on any atom is -0.506 e. The quantitative estimate of drug-likeness (QED) is 0.423. The number of aromatic hydroxyl groups is 1. The Hall–Kier alpha value is -4.63. The highest BCUT2D eigenvalue weighted by molar-refractivity contribution is 5.91. The number of nitriles is 1. The Balaban J connectivity index is 1.72. The fourth-order valence-corrected chi connectivity index (χ4v) is 3.23. The largest absolute Gasteiger partial charge is 0.506 e. The summed E-state index contributed by atoms with van der Waals surface area (Å²) in [6.45, 7) is 0. The van der Waals surface area contributed by atoms with Gasteiger partial charge in [-0.1, -0.05) is 30.3 Å². The number of hydrogen-bond acceptors (Lipinski definition) is 6. The van der Waals surface area contributed by atoms with Crippen molar-refractivity contribution in [3.63, 3.8) is 0 Å². The monoisotopic (exact) mass is 422 g/mol. The second kappa shape index (κ2) is 9.02. The van der Waals surface area contributed by atoms with Crippen LogP contribution in [-0.2, 0) is 4.74 Å². The van der Waals surface area contributed by atoms with E-state index in [1.807, 2.05) is 36.4 Å². The lowest BCUT2D eigenvalue weighted by atomic mass is 10.0. The average molecular weight is 422 g/mol. The van der Waals surface area contributed by atoms with Crippen molar-refractivity contribution in [1.29, 1.82) is 5.26 Å². The Morgan fingerprint density at radius 3 is 2.31 bits per heavy atom. The number of esters is 1. The summed E-state index contributed by atoms with van der Waals surface area (Å²) in [5, 5.41) is 20.1. The van der Waals surface area contributed by atoms with Gasteiger partial charge in [-0.3, -0.25) is 0 Å². The maximum Gasteiger partial charge on any atom is 0.337 e. The van der Waals surface area contributed by atoms with Crippen LogP contribution in [0.25, 0.3) is 22.5 Å². The Labute approximate surface area is 184 Å². The van der Waals surface area contributed by atoms with Gasteiger partial charge in [-0.05, 0) is 48.5 Å². The number of para-hydroxylation sites is 1. The van der Waals surface area contributed by atoms with Crippen LogP contribution in [0.5, 0.6) is 17.2 Å². The SMILES string of the molecule is COC(=O)c1cccc(-c2cc(O)c(C#N)c(-c3ccc(Oc4ccccc4)cc3)n2)c1. The highest BCUT2D eigenvalue weighted by Crippen LogP contribution is 2.34. The van der Waals surface area contributed by atoms with E-state index in [4.69, 9.17) is 9.47 Å². The maximum absolute atomic E-state index is 11.9. The second-order valence-electron chi connectivity index (χ2n) is 6.87. The van der Waals surface area contributed by atoms with Crippen LogP contribution in [0.3, 0.4) is 0 Å². The van der Waals surface area contributed by atoms with E-state index in [9.17, 15) is 15.2 Å². The molecule has 6 nitrogen and oxygen atoms in total. The fraction of sp³-hybridized carbons (Fsp3) is 0.0385. The highest BCUT2D eigenvalue weighted by Gasteiger charge is 2.16. The Bertz CT molecular complexity index is 1310. The normalized spacial score (nSPS) is 10.2. The minimum absolute atomic E-state index is 0.0644. The molecular formula is C26H18N2O4. The molecule has 156 valence electrons. The Morgan fingerprint density at radius 1 is 0.906 bits per heavy atom. The smallest absolute Gasteiger partial charge is 0.337 e. The van der Waals surface area contributed by atoms with E-state index in [-0.39, 0.29) is 11.3 Å². The van der Waals surface area contributed by atoms with Crippen LogP contribution in [-0.4, -0.2) is 23.2 Å². The van der Waals surface area contributed by atoms with Crippen molar-refractivity contribution >= 4 is 5.97 Å².